The fourth-order valence-electron chi connectivity index (χ4n) is 5.17. The standard InChI is InChI=1S/C32H36N4O3/c1-6-39-30-17-22(4)27(19-26(30)21(2)3)31-34-28-12-8-7-11-25(28)32(37)36(31)33-20-23-13-14-24(18-29(23)38-5)35-15-9-10-16-35/h7-8,11-14,17-21H,6,9-10,15-16H2,1-5H3. The van der Waals surface area contributed by atoms with Gasteiger partial charge < -0.3 is 14.4 Å². The molecule has 0 N–H and O–H groups in total. The molecular formula is C32H36N4O3. The number of methoxy groups -OCH3 is 1. The van der Waals surface area contributed by atoms with Crippen molar-refractivity contribution in [2.45, 2.75) is 46.5 Å². The van der Waals surface area contributed by atoms with Crippen molar-refractivity contribution >= 4 is 22.8 Å². The normalized spacial score (nSPS) is 13.6. The third-order valence-electron chi connectivity index (χ3n) is 7.27. The zero-order valence-corrected chi connectivity index (χ0v) is 23.4. The van der Waals surface area contributed by atoms with Gasteiger partial charge in [0.1, 0.15) is 11.5 Å². The summed E-state index contributed by atoms with van der Waals surface area (Å²) in [5.74, 6) is 2.29. The number of benzene rings is 3. The Balaban J connectivity index is 1.66. The van der Waals surface area contributed by atoms with Gasteiger partial charge in [0.25, 0.3) is 5.56 Å². The van der Waals surface area contributed by atoms with E-state index in [9.17, 15) is 4.79 Å². The number of rotatable bonds is 8. The summed E-state index contributed by atoms with van der Waals surface area (Å²) in [6, 6.07) is 17.6. The fraction of sp³-hybridized carbons (Fsp3) is 0.344. The zero-order chi connectivity index (χ0) is 27.5. The number of aromatic nitrogens is 2. The molecule has 3 aromatic carbocycles. The van der Waals surface area contributed by atoms with Crippen molar-refractivity contribution in [1.82, 2.24) is 9.66 Å². The monoisotopic (exact) mass is 524 g/mol. The summed E-state index contributed by atoms with van der Waals surface area (Å²) < 4.78 is 13.1. The second-order valence-electron chi connectivity index (χ2n) is 10.2. The molecule has 1 aliphatic heterocycles. The molecule has 1 aliphatic rings. The van der Waals surface area contributed by atoms with Gasteiger partial charge in [0.2, 0.25) is 0 Å². The number of hydrogen-bond donors (Lipinski definition) is 0. The van der Waals surface area contributed by atoms with Gasteiger partial charge in [-0.1, -0.05) is 26.0 Å². The first-order valence-corrected chi connectivity index (χ1v) is 13.7. The predicted molar refractivity (Wildman–Crippen MR) is 159 cm³/mol. The Kier molecular flexibility index (Phi) is 7.68. The summed E-state index contributed by atoms with van der Waals surface area (Å²) in [7, 11) is 1.66. The molecule has 0 spiro atoms. The maximum atomic E-state index is 13.8. The van der Waals surface area contributed by atoms with Gasteiger partial charge in [-0.15, -0.1) is 0 Å². The third kappa shape index (κ3) is 5.26. The van der Waals surface area contributed by atoms with Crippen molar-refractivity contribution in [3.05, 3.63) is 81.6 Å². The van der Waals surface area contributed by atoms with Crippen LogP contribution >= 0.6 is 0 Å². The van der Waals surface area contributed by atoms with Crippen LogP contribution in [-0.4, -0.2) is 42.7 Å². The molecule has 0 amide bonds. The molecule has 1 aromatic heterocycles. The number of para-hydroxylation sites is 1. The number of nitrogens with zero attached hydrogens (tertiary/aromatic N) is 4. The summed E-state index contributed by atoms with van der Waals surface area (Å²) in [6.45, 7) is 11.0. The molecular weight excluding hydrogens is 488 g/mol. The minimum atomic E-state index is -0.223. The second-order valence-corrected chi connectivity index (χ2v) is 10.2. The summed E-state index contributed by atoms with van der Waals surface area (Å²) in [4.78, 5) is 21.1. The Morgan fingerprint density at radius 1 is 1.05 bits per heavy atom. The third-order valence-corrected chi connectivity index (χ3v) is 7.27. The highest BCUT2D eigenvalue weighted by molar-refractivity contribution is 5.86. The van der Waals surface area contributed by atoms with Gasteiger partial charge in [-0.3, -0.25) is 4.79 Å². The van der Waals surface area contributed by atoms with E-state index < -0.39 is 0 Å². The molecule has 0 unspecified atom stereocenters. The van der Waals surface area contributed by atoms with E-state index in [0.29, 0.717) is 29.1 Å². The number of ether oxygens (including phenoxy) is 2. The van der Waals surface area contributed by atoms with Gasteiger partial charge in [0, 0.05) is 36.0 Å². The van der Waals surface area contributed by atoms with E-state index in [1.807, 2.05) is 50.2 Å². The molecule has 4 aromatic rings. The Morgan fingerprint density at radius 2 is 1.82 bits per heavy atom. The average molecular weight is 525 g/mol. The maximum Gasteiger partial charge on any atom is 0.282 e. The van der Waals surface area contributed by atoms with Crippen molar-refractivity contribution in [3.8, 4) is 22.9 Å². The topological polar surface area (TPSA) is 69.0 Å². The number of anilines is 1. The Morgan fingerprint density at radius 3 is 2.54 bits per heavy atom. The largest absolute Gasteiger partial charge is 0.496 e. The lowest BCUT2D eigenvalue weighted by Crippen LogP contribution is -2.21. The van der Waals surface area contributed by atoms with E-state index in [1.165, 1.54) is 17.5 Å². The number of aryl methyl sites for hydroxylation is 1. The lowest BCUT2D eigenvalue weighted by Gasteiger charge is -2.19. The summed E-state index contributed by atoms with van der Waals surface area (Å²) in [6.07, 6.45) is 4.09. The van der Waals surface area contributed by atoms with E-state index in [4.69, 9.17) is 19.6 Å². The van der Waals surface area contributed by atoms with Crippen LogP contribution in [0.1, 0.15) is 56.2 Å². The van der Waals surface area contributed by atoms with E-state index in [1.54, 1.807) is 19.4 Å². The van der Waals surface area contributed by atoms with Gasteiger partial charge in [-0.2, -0.15) is 9.78 Å². The van der Waals surface area contributed by atoms with E-state index >= 15 is 0 Å². The van der Waals surface area contributed by atoms with Crippen molar-refractivity contribution in [1.29, 1.82) is 0 Å². The first-order chi connectivity index (χ1) is 18.9. The van der Waals surface area contributed by atoms with Gasteiger partial charge in [0.05, 0.1) is 30.8 Å². The van der Waals surface area contributed by atoms with E-state index in [-0.39, 0.29) is 11.5 Å². The van der Waals surface area contributed by atoms with E-state index in [2.05, 4.69) is 30.9 Å². The van der Waals surface area contributed by atoms with Crippen LogP contribution < -0.4 is 19.9 Å². The smallest absolute Gasteiger partial charge is 0.282 e. The molecule has 7 nitrogen and oxygen atoms in total. The molecule has 2 heterocycles. The molecule has 7 heteroatoms. The van der Waals surface area contributed by atoms with Crippen LogP contribution in [0.5, 0.6) is 11.5 Å². The SMILES string of the molecule is CCOc1cc(C)c(-c2nc3ccccc3c(=O)n2N=Cc2ccc(N3CCCC3)cc2OC)cc1C(C)C. The number of fused-ring (bicyclic) bond motifs is 1. The fourth-order valence-corrected chi connectivity index (χ4v) is 5.17. The molecule has 202 valence electrons. The second kappa shape index (κ2) is 11.3. The number of hydrogen-bond acceptors (Lipinski definition) is 6. The summed E-state index contributed by atoms with van der Waals surface area (Å²) in [5.41, 5.74) is 5.21. The Bertz CT molecular complexity index is 1580. The highest BCUT2D eigenvalue weighted by atomic mass is 16.5. The van der Waals surface area contributed by atoms with Crippen LogP contribution in [0.4, 0.5) is 5.69 Å². The van der Waals surface area contributed by atoms with Crippen LogP contribution in [0.2, 0.25) is 0 Å². The maximum absolute atomic E-state index is 13.8. The van der Waals surface area contributed by atoms with Gasteiger partial charge in [0.15, 0.2) is 5.82 Å². The molecule has 0 saturated carbocycles. The van der Waals surface area contributed by atoms with Crippen LogP contribution in [0.15, 0.2) is 64.5 Å². The van der Waals surface area contributed by atoms with Crippen molar-refractivity contribution < 1.29 is 9.47 Å². The highest BCUT2D eigenvalue weighted by Gasteiger charge is 2.19. The lowest BCUT2D eigenvalue weighted by atomic mass is 9.96. The molecule has 39 heavy (non-hydrogen) atoms. The molecule has 0 bridgehead atoms. The average Bonchev–Trinajstić information content (AvgIpc) is 3.48. The predicted octanol–water partition coefficient (Wildman–Crippen LogP) is 6.39. The minimum absolute atomic E-state index is 0.223. The van der Waals surface area contributed by atoms with Crippen LogP contribution in [0.3, 0.4) is 0 Å². The van der Waals surface area contributed by atoms with Gasteiger partial charge in [-0.25, -0.2) is 4.98 Å². The molecule has 1 saturated heterocycles. The Labute approximate surface area is 229 Å². The van der Waals surface area contributed by atoms with Gasteiger partial charge in [-0.05, 0) is 80.1 Å². The molecule has 0 aliphatic carbocycles. The first-order valence-electron chi connectivity index (χ1n) is 13.7. The van der Waals surface area contributed by atoms with Gasteiger partial charge >= 0.3 is 0 Å². The van der Waals surface area contributed by atoms with Crippen molar-refractivity contribution in [2.75, 3.05) is 31.7 Å². The minimum Gasteiger partial charge on any atom is -0.496 e. The summed E-state index contributed by atoms with van der Waals surface area (Å²) >= 11 is 0. The van der Waals surface area contributed by atoms with Crippen LogP contribution in [0, 0.1) is 6.92 Å². The Hall–Kier alpha value is -4.13. The lowest BCUT2D eigenvalue weighted by molar-refractivity contribution is 0.335. The molecule has 1 fully saturated rings. The zero-order valence-electron chi connectivity index (χ0n) is 23.4. The quantitative estimate of drug-likeness (QED) is 0.250. The molecule has 0 atom stereocenters. The van der Waals surface area contributed by atoms with Crippen molar-refractivity contribution in [2.24, 2.45) is 5.10 Å². The van der Waals surface area contributed by atoms with Crippen molar-refractivity contribution in [3.63, 3.8) is 0 Å². The van der Waals surface area contributed by atoms with Crippen LogP contribution in [-0.2, 0) is 0 Å². The highest BCUT2D eigenvalue weighted by Crippen LogP contribution is 2.34. The first kappa shape index (κ1) is 26.5. The van der Waals surface area contributed by atoms with E-state index in [0.717, 1.165) is 46.8 Å². The summed E-state index contributed by atoms with van der Waals surface area (Å²) in [5, 5.41) is 5.22. The van der Waals surface area contributed by atoms with Crippen LogP contribution in [0.25, 0.3) is 22.3 Å². The molecule has 5 rings (SSSR count). The molecule has 0 radical (unpaired) electrons.